The smallest absolute Gasteiger partial charge is 0.179 e. The predicted octanol–water partition coefficient (Wildman–Crippen LogP) is 1.07. The van der Waals surface area contributed by atoms with Crippen molar-refractivity contribution in [3.05, 3.63) is 29.8 Å². The largest absolute Gasteiger partial charge is 0.381 e. The van der Waals surface area contributed by atoms with Gasteiger partial charge in [-0.2, -0.15) is 0 Å². The minimum atomic E-state index is -3.16. The van der Waals surface area contributed by atoms with Gasteiger partial charge in [-0.1, -0.05) is 18.2 Å². The number of benzene rings is 1. The molecule has 2 heterocycles. The maximum Gasteiger partial charge on any atom is 0.179 e. The number of hydrogen-bond donors (Lipinski definition) is 1. The summed E-state index contributed by atoms with van der Waals surface area (Å²) in [5.41, 5.74) is 6.90. The van der Waals surface area contributed by atoms with Crippen molar-refractivity contribution in [2.45, 2.75) is 29.2 Å². The molecule has 3 rings (SSSR count). The lowest BCUT2D eigenvalue weighted by Gasteiger charge is -2.38. The summed E-state index contributed by atoms with van der Waals surface area (Å²) in [6.07, 6.45) is 1.45. The summed E-state index contributed by atoms with van der Waals surface area (Å²) < 4.78 is 29.7. The minimum absolute atomic E-state index is 0.0948. The first kappa shape index (κ1) is 12.1. The van der Waals surface area contributed by atoms with Gasteiger partial charge in [0.05, 0.1) is 10.6 Å². The molecule has 98 valence electrons. The molecule has 2 aliphatic rings. The number of nitrogens with two attached hydrogens (primary N) is 1. The van der Waals surface area contributed by atoms with E-state index in [9.17, 15) is 8.42 Å². The summed E-state index contributed by atoms with van der Waals surface area (Å²) in [5, 5.41) is 0. The summed E-state index contributed by atoms with van der Waals surface area (Å²) in [4.78, 5) is 0.464. The zero-order valence-electron chi connectivity index (χ0n) is 10.1. The van der Waals surface area contributed by atoms with Crippen molar-refractivity contribution in [3.8, 4) is 0 Å². The predicted molar refractivity (Wildman–Crippen MR) is 68.2 cm³/mol. The molecule has 0 aromatic heterocycles. The van der Waals surface area contributed by atoms with Gasteiger partial charge in [0, 0.05) is 24.7 Å². The SMILES string of the molecule is NC1(C2CS(=O)(=O)c3ccccc32)CCOCC1. The third-order valence-corrected chi connectivity index (χ3v) is 5.95. The maximum absolute atomic E-state index is 12.2. The Morgan fingerprint density at radius 1 is 1.22 bits per heavy atom. The van der Waals surface area contributed by atoms with Gasteiger partial charge < -0.3 is 10.5 Å². The molecule has 0 bridgehead atoms. The average molecular weight is 267 g/mol. The zero-order valence-corrected chi connectivity index (χ0v) is 10.9. The Bertz CT molecular complexity index is 561. The molecule has 0 aliphatic carbocycles. The van der Waals surface area contributed by atoms with Gasteiger partial charge in [-0.15, -0.1) is 0 Å². The summed E-state index contributed by atoms with van der Waals surface area (Å²) in [6.45, 7) is 1.24. The molecule has 2 aliphatic heterocycles. The van der Waals surface area contributed by atoms with Crippen molar-refractivity contribution in [2.75, 3.05) is 19.0 Å². The standard InChI is InChI=1S/C13H17NO3S/c14-13(5-7-17-8-6-13)11-9-18(15,16)12-4-2-1-3-10(11)12/h1-4,11H,5-9,14H2. The van der Waals surface area contributed by atoms with E-state index in [4.69, 9.17) is 10.5 Å². The van der Waals surface area contributed by atoms with Crippen LogP contribution in [0.25, 0.3) is 0 Å². The Kier molecular flexibility index (Phi) is 2.73. The molecule has 4 nitrogen and oxygen atoms in total. The second kappa shape index (κ2) is 4.05. The first-order valence-corrected chi connectivity index (χ1v) is 7.86. The van der Waals surface area contributed by atoms with Crippen LogP contribution in [0.3, 0.4) is 0 Å². The van der Waals surface area contributed by atoms with E-state index in [1.165, 1.54) is 0 Å². The topological polar surface area (TPSA) is 69.4 Å². The van der Waals surface area contributed by atoms with Crippen LogP contribution in [0.15, 0.2) is 29.2 Å². The molecule has 1 unspecified atom stereocenters. The van der Waals surface area contributed by atoms with E-state index >= 15 is 0 Å². The molecule has 1 aromatic carbocycles. The van der Waals surface area contributed by atoms with E-state index in [1.807, 2.05) is 12.1 Å². The van der Waals surface area contributed by atoms with Crippen molar-refractivity contribution in [1.29, 1.82) is 0 Å². The fraction of sp³-hybridized carbons (Fsp3) is 0.538. The molecule has 0 spiro atoms. The first-order chi connectivity index (χ1) is 8.53. The quantitative estimate of drug-likeness (QED) is 0.826. The second-order valence-electron chi connectivity index (χ2n) is 5.22. The molecule has 1 saturated heterocycles. The number of hydrogen-bond acceptors (Lipinski definition) is 4. The molecule has 0 saturated carbocycles. The van der Waals surface area contributed by atoms with Crippen LogP contribution in [0, 0.1) is 0 Å². The molecule has 1 fully saturated rings. The summed E-state index contributed by atoms with van der Waals surface area (Å²) >= 11 is 0. The highest BCUT2D eigenvalue weighted by atomic mass is 32.2. The van der Waals surface area contributed by atoms with Gasteiger partial charge in [-0.25, -0.2) is 8.42 Å². The number of ether oxygens (including phenoxy) is 1. The molecular formula is C13H17NO3S. The van der Waals surface area contributed by atoms with Gasteiger partial charge in [-0.05, 0) is 24.5 Å². The van der Waals surface area contributed by atoms with Crippen molar-refractivity contribution >= 4 is 9.84 Å². The summed E-state index contributed by atoms with van der Waals surface area (Å²) in [7, 11) is -3.16. The Morgan fingerprint density at radius 2 is 1.89 bits per heavy atom. The Morgan fingerprint density at radius 3 is 2.61 bits per heavy atom. The van der Waals surface area contributed by atoms with E-state index in [-0.39, 0.29) is 11.7 Å². The molecule has 1 atom stereocenters. The number of rotatable bonds is 1. The van der Waals surface area contributed by atoms with Crippen molar-refractivity contribution < 1.29 is 13.2 Å². The van der Waals surface area contributed by atoms with Crippen molar-refractivity contribution in [3.63, 3.8) is 0 Å². The first-order valence-electron chi connectivity index (χ1n) is 6.21. The van der Waals surface area contributed by atoms with E-state index in [0.717, 1.165) is 18.4 Å². The maximum atomic E-state index is 12.2. The summed E-state index contributed by atoms with van der Waals surface area (Å²) in [6, 6.07) is 7.24. The molecule has 1 aromatic rings. The van der Waals surface area contributed by atoms with Crippen LogP contribution in [0.2, 0.25) is 0 Å². The van der Waals surface area contributed by atoms with Crippen molar-refractivity contribution in [1.82, 2.24) is 0 Å². The van der Waals surface area contributed by atoms with Crippen LogP contribution in [0.4, 0.5) is 0 Å². The van der Waals surface area contributed by atoms with Gasteiger partial charge in [0.1, 0.15) is 0 Å². The van der Waals surface area contributed by atoms with E-state index in [2.05, 4.69) is 0 Å². The van der Waals surface area contributed by atoms with Crippen LogP contribution in [0.5, 0.6) is 0 Å². The number of fused-ring (bicyclic) bond motifs is 1. The van der Waals surface area contributed by atoms with Crippen LogP contribution < -0.4 is 5.73 Å². The van der Waals surface area contributed by atoms with Gasteiger partial charge in [-0.3, -0.25) is 0 Å². The second-order valence-corrected chi connectivity index (χ2v) is 7.22. The molecule has 2 N–H and O–H groups in total. The molecule has 18 heavy (non-hydrogen) atoms. The van der Waals surface area contributed by atoms with E-state index in [1.54, 1.807) is 12.1 Å². The highest BCUT2D eigenvalue weighted by Gasteiger charge is 2.46. The Labute approximate surface area is 107 Å². The Hall–Kier alpha value is -0.910. The molecule has 5 heteroatoms. The van der Waals surface area contributed by atoms with Crippen LogP contribution >= 0.6 is 0 Å². The van der Waals surface area contributed by atoms with Gasteiger partial charge in [0.25, 0.3) is 0 Å². The van der Waals surface area contributed by atoms with Crippen LogP contribution in [0.1, 0.15) is 24.3 Å². The van der Waals surface area contributed by atoms with Crippen molar-refractivity contribution in [2.24, 2.45) is 5.73 Å². The van der Waals surface area contributed by atoms with Gasteiger partial charge in [0.2, 0.25) is 0 Å². The lowest BCUT2D eigenvalue weighted by Crippen LogP contribution is -2.50. The fourth-order valence-corrected chi connectivity index (χ4v) is 5.01. The molecule has 0 amide bonds. The normalized spacial score (nSPS) is 28.8. The van der Waals surface area contributed by atoms with Crippen LogP contribution in [-0.2, 0) is 14.6 Å². The molecule has 0 radical (unpaired) electrons. The Balaban J connectivity index is 2.06. The fourth-order valence-electron chi connectivity index (χ4n) is 3.03. The lowest BCUT2D eigenvalue weighted by atomic mass is 9.76. The van der Waals surface area contributed by atoms with Crippen LogP contribution in [-0.4, -0.2) is 32.9 Å². The monoisotopic (exact) mass is 267 g/mol. The van der Waals surface area contributed by atoms with E-state index < -0.39 is 15.4 Å². The van der Waals surface area contributed by atoms with E-state index in [0.29, 0.717) is 18.1 Å². The number of sulfone groups is 1. The minimum Gasteiger partial charge on any atom is -0.381 e. The lowest BCUT2D eigenvalue weighted by molar-refractivity contribution is 0.0456. The molecular weight excluding hydrogens is 250 g/mol. The highest BCUT2D eigenvalue weighted by Crippen LogP contribution is 2.43. The third kappa shape index (κ3) is 1.77. The summed E-state index contributed by atoms with van der Waals surface area (Å²) in [5.74, 6) is 0.0469. The zero-order chi connectivity index (χ0) is 12.8. The van der Waals surface area contributed by atoms with Gasteiger partial charge >= 0.3 is 0 Å². The third-order valence-electron chi connectivity index (χ3n) is 4.13. The van der Waals surface area contributed by atoms with Gasteiger partial charge in [0.15, 0.2) is 9.84 Å². The highest BCUT2D eigenvalue weighted by molar-refractivity contribution is 7.91. The average Bonchev–Trinajstić information content (AvgIpc) is 2.64.